The van der Waals surface area contributed by atoms with Crippen LogP contribution in [0, 0.1) is 55.4 Å². The molecule has 0 fully saturated rings. The molecule has 0 N–H and O–H groups in total. The molecule has 6 rings (SSSR count). The molecule has 2 aliphatic rings. The Labute approximate surface area is 210 Å². The molecule has 0 atom stereocenters. The van der Waals surface area contributed by atoms with Crippen molar-refractivity contribution in [2.24, 2.45) is 0 Å². The first-order chi connectivity index (χ1) is 16.6. The van der Waals surface area contributed by atoms with E-state index in [1.807, 2.05) is 0 Å². The molecule has 0 bridgehead atoms. The van der Waals surface area contributed by atoms with Crippen molar-refractivity contribution in [1.82, 2.24) is 0 Å². The summed E-state index contributed by atoms with van der Waals surface area (Å²) in [6.45, 7) is 23.6. The van der Waals surface area contributed by atoms with Gasteiger partial charge in [-0.1, -0.05) is 30.2 Å². The average molecular weight is 459 g/mol. The fraction of sp³-hybridized carbons (Fsp3) is 0.371. The lowest BCUT2D eigenvalue weighted by molar-refractivity contribution is 1.03. The second-order valence-electron chi connectivity index (χ2n) is 11.5. The van der Waals surface area contributed by atoms with E-state index in [2.05, 4.69) is 81.4 Å². The zero-order valence-electron chi connectivity index (χ0n) is 23.3. The van der Waals surface area contributed by atoms with E-state index in [0.29, 0.717) is 0 Å². The zero-order valence-corrected chi connectivity index (χ0v) is 23.3. The Morgan fingerprint density at radius 1 is 0.457 bits per heavy atom. The zero-order chi connectivity index (χ0) is 25.1. The molecule has 0 nitrogen and oxygen atoms in total. The van der Waals surface area contributed by atoms with Gasteiger partial charge in [0.1, 0.15) is 0 Å². The van der Waals surface area contributed by atoms with Crippen molar-refractivity contribution in [2.75, 3.05) is 0 Å². The first-order valence-electron chi connectivity index (χ1n) is 13.4. The van der Waals surface area contributed by atoms with Crippen molar-refractivity contribution in [1.29, 1.82) is 0 Å². The van der Waals surface area contributed by atoms with E-state index in [1.165, 1.54) is 93.5 Å². The summed E-state index contributed by atoms with van der Waals surface area (Å²) >= 11 is 0. The number of benzene rings is 4. The van der Waals surface area contributed by atoms with Gasteiger partial charge in [0.05, 0.1) is 0 Å². The Hall–Kier alpha value is -2.86. The van der Waals surface area contributed by atoms with Crippen LogP contribution in [0.25, 0.3) is 44.5 Å². The van der Waals surface area contributed by atoms with Crippen LogP contribution in [0.5, 0.6) is 0 Å². The van der Waals surface area contributed by atoms with Crippen LogP contribution in [0.15, 0.2) is 11.1 Å². The molecule has 0 radical (unpaired) electrons. The van der Waals surface area contributed by atoms with Crippen LogP contribution in [-0.2, 0) is 12.8 Å². The predicted octanol–water partition coefficient (Wildman–Crippen LogP) is 9.92. The van der Waals surface area contributed by atoms with Crippen LogP contribution in [-0.4, -0.2) is 0 Å². The molecular weight excluding hydrogens is 420 g/mol. The van der Waals surface area contributed by atoms with Gasteiger partial charge in [0.15, 0.2) is 0 Å². The van der Waals surface area contributed by atoms with Gasteiger partial charge in [0, 0.05) is 0 Å². The molecule has 0 amide bonds. The lowest BCUT2D eigenvalue weighted by Gasteiger charge is -2.25. The van der Waals surface area contributed by atoms with E-state index in [9.17, 15) is 0 Å². The Morgan fingerprint density at radius 2 is 0.829 bits per heavy atom. The summed E-state index contributed by atoms with van der Waals surface area (Å²) in [4.78, 5) is 0. The summed E-state index contributed by atoms with van der Waals surface area (Å²) in [6, 6.07) is 0. The van der Waals surface area contributed by atoms with E-state index < -0.39 is 0 Å². The number of hydrogen-bond donors (Lipinski definition) is 0. The van der Waals surface area contributed by atoms with Crippen molar-refractivity contribution < 1.29 is 0 Å². The third-order valence-electron chi connectivity index (χ3n) is 9.90. The SMILES string of the molecule is CCC1=Cc2c(c(C)c(C)c3c2c(C)c(C)c2c4c(C)c(C)c5c(c4c(C)c(C)c32)C=C(C)C5)C1. The van der Waals surface area contributed by atoms with Crippen LogP contribution < -0.4 is 0 Å². The van der Waals surface area contributed by atoms with Gasteiger partial charge in [0.25, 0.3) is 0 Å². The van der Waals surface area contributed by atoms with Crippen LogP contribution in [0.3, 0.4) is 0 Å². The second-order valence-corrected chi connectivity index (χ2v) is 11.5. The van der Waals surface area contributed by atoms with Crippen molar-refractivity contribution in [3.8, 4) is 0 Å². The minimum Gasteiger partial charge on any atom is -0.0683 e. The Balaban J connectivity index is 1.96. The molecule has 0 saturated heterocycles. The van der Waals surface area contributed by atoms with Crippen molar-refractivity contribution in [3.63, 3.8) is 0 Å². The van der Waals surface area contributed by atoms with Crippen LogP contribution in [0.1, 0.15) is 87.0 Å². The molecule has 0 heteroatoms. The summed E-state index contributed by atoms with van der Waals surface area (Å²) in [7, 11) is 0. The molecule has 0 unspecified atom stereocenters. The molecule has 2 aliphatic carbocycles. The first kappa shape index (κ1) is 22.6. The van der Waals surface area contributed by atoms with E-state index >= 15 is 0 Å². The number of aryl methyl sites for hydroxylation is 6. The monoisotopic (exact) mass is 458 g/mol. The third-order valence-corrected chi connectivity index (χ3v) is 9.90. The maximum Gasteiger partial charge on any atom is -0.00550 e. The molecule has 0 aliphatic heterocycles. The maximum absolute atomic E-state index is 2.52. The second kappa shape index (κ2) is 7.33. The summed E-state index contributed by atoms with van der Waals surface area (Å²) < 4.78 is 0. The molecule has 0 spiro atoms. The van der Waals surface area contributed by atoms with Gasteiger partial charge >= 0.3 is 0 Å². The highest BCUT2D eigenvalue weighted by Crippen LogP contribution is 2.49. The normalized spacial score (nSPS) is 14.8. The van der Waals surface area contributed by atoms with Gasteiger partial charge in [-0.15, -0.1) is 0 Å². The Morgan fingerprint density at radius 3 is 1.31 bits per heavy atom. The van der Waals surface area contributed by atoms with Crippen molar-refractivity contribution in [3.05, 3.63) is 77.9 Å². The van der Waals surface area contributed by atoms with Crippen molar-refractivity contribution >= 4 is 44.5 Å². The highest BCUT2D eigenvalue weighted by molar-refractivity contribution is 6.26. The Kier molecular flexibility index (Phi) is 4.73. The number of hydrogen-bond acceptors (Lipinski definition) is 0. The molecule has 178 valence electrons. The fourth-order valence-electron chi connectivity index (χ4n) is 7.39. The highest BCUT2D eigenvalue weighted by Gasteiger charge is 2.27. The minimum atomic E-state index is 1.10. The molecule has 4 aromatic carbocycles. The number of allylic oxidation sites excluding steroid dienone is 2. The van der Waals surface area contributed by atoms with Gasteiger partial charge in [-0.3, -0.25) is 0 Å². The van der Waals surface area contributed by atoms with E-state index in [1.54, 1.807) is 16.7 Å². The smallest absolute Gasteiger partial charge is 0.00550 e. The van der Waals surface area contributed by atoms with Gasteiger partial charge in [0.2, 0.25) is 0 Å². The van der Waals surface area contributed by atoms with Crippen LogP contribution in [0.4, 0.5) is 0 Å². The fourth-order valence-corrected chi connectivity index (χ4v) is 7.39. The quantitative estimate of drug-likeness (QED) is 0.249. The minimum absolute atomic E-state index is 1.10. The summed E-state index contributed by atoms with van der Waals surface area (Å²) in [5.74, 6) is 0. The van der Waals surface area contributed by atoms with Gasteiger partial charge in [-0.25, -0.2) is 0 Å². The number of fused-ring (bicyclic) bond motifs is 9. The highest BCUT2D eigenvalue weighted by atomic mass is 14.3. The predicted molar refractivity (Wildman–Crippen MR) is 156 cm³/mol. The molecular formula is C35H38. The van der Waals surface area contributed by atoms with E-state index in [4.69, 9.17) is 0 Å². The van der Waals surface area contributed by atoms with Gasteiger partial charge < -0.3 is 0 Å². The molecule has 4 aromatic rings. The van der Waals surface area contributed by atoms with E-state index in [0.717, 1.165) is 19.3 Å². The van der Waals surface area contributed by atoms with Crippen LogP contribution in [0.2, 0.25) is 0 Å². The molecule has 0 heterocycles. The van der Waals surface area contributed by atoms with Crippen LogP contribution >= 0.6 is 0 Å². The topological polar surface area (TPSA) is 0 Å². The lowest BCUT2D eigenvalue weighted by Crippen LogP contribution is -2.04. The molecule has 0 saturated carbocycles. The summed E-state index contributed by atoms with van der Waals surface area (Å²) in [6.07, 6.45) is 8.34. The van der Waals surface area contributed by atoms with Crippen molar-refractivity contribution in [2.45, 2.75) is 88.5 Å². The van der Waals surface area contributed by atoms with Gasteiger partial charge in [-0.2, -0.15) is 0 Å². The van der Waals surface area contributed by atoms with Gasteiger partial charge in [-0.05, 0) is 181 Å². The van der Waals surface area contributed by atoms with E-state index in [-0.39, 0.29) is 0 Å². The molecule has 0 aromatic heterocycles. The maximum atomic E-state index is 2.52. The largest absolute Gasteiger partial charge is 0.0683 e. The Bertz CT molecular complexity index is 1730. The standard InChI is InChI=1S/C35H38/c1-11-25-14-27-18(4)20(6)33-31(29(27)15-25)22(8)24(10)34-32-19(5)17(3)26-12-16(2)13-28(26)30(32)21(7)23(9)35(33)34/h13,15H,11-12,14H2,1-10H3. The third kappa shape index (κ3) is 2.69. The number of rotatable bonds is 1. The summed E-state index contributed by atoms with van der Waals surface area (Å²) in [5, 5.41) is 8.99. The lowest BCUT2D eigenvalue weighted by atomic mass is 9.78. The summed E-state index contributed by atoms with van der Waals surface area (Å²) in [5.41, 5.74) is 20.9. The molecule has 35 heavy (non-hydrogen) atoms. The first-order valence-corrected chi connectivity index (χ1v) is 13.4. The average Bonchev–Trinajstić information content (AvgIpc) is 3.44.